The summed E-state index contributed by atoms with van der Waals surface area (Å²) in [6, 6.07) is 7.89. The van der Waals surface area contributed by atoms with Gasteiger partial charge in [-0.15, -0.1) is 0 Å². The monoisotopic (exact) mass is 330 g/mol. The molecule has 7 nitrogen and oxygen atoms in total. The number of nitrogens with zero attached hydrogens (tertiary/aromatic N) is 1. The number of aromatic carboxylic acids is 1. The molecular weight excluding hydrogens is 312 g/mol. The van der Waals surface area contributed by atoms with Crippen molar-refractivity contribution in [3.05, 3.63) is 63.6 Å². The first-order chi connectivity index (χ1) is 11.5. The molecule has 1 aromatic carbocycles. The number of rotatable bonds is 6. The molecule has 0 saturated carbocycles. The van der Waals surface area contributed by atoms with E-state index in [1.807, 2.05) is 0 Å². The van der Waals surface area contributed by atoms with E-state index in [1.54, 1.807) is 44.4 Å². The number of carbonyl (C=O) groups excluding carboxylic acids is 1. The van der Waals surface area contributed by atoms with E-state index in [4.69, 9.17) is 9.84 Å². The van der Waals surface area contributed by atoms with Gasteiger partial charge in [0.15, 0.2) is 0 Å². The minimum absolute atomic E-state index is 0.249. The Kier molecular flexibility index (Phi) is 5.49. The minimum atomic E-state index is -1.26. The normalized spacial score (nSPS) is 10.4. The second kappa shape index (κ2) is 7.56. The maximum atomic E-state index is 12.3. The first-order valence-electron chi connectivity index (χ1n) is 7.29. The fourth-order valence-electron chi connectivity index (χ4n) is 2.23. The molecule has 0 radical (unpaired) electrons. The summed E-state index contributed by atoms with van der Waals surface area (Å²) in [4.78, 5) is 35.4. The summed E-state index contributed by atoms with van der Waals surface area (Å²) in [7, 11) is 1.55. The average Bonchev–Trinajstić information content (AvgIpc) is 2.55. The van der Waals surface area contributed by atoms with Crippen molar-refractivity contribution in [1.29, 1.82) is 0 Å². The zero-order chi connectivity index (χ0) is 17.7. The predicted octanol–water partition coefficient (Wildman–Crippen LogP) is 1.22. The number of ether oxygens (including phenoxy) is 1. The lowest BCUT2D eigenvalue weighted by atomic mass is 10.1. The van der Waals surface area contributed by atoms with E-state index in [1.165, 1.54) is 10.8 Å². The summed E-state index contributed by atoms with van der Waals surface area (Å²) >= 11 is 0. The van der Waals surface area contributed by atoms with Crippen molar-refractivity contribution in [3.63, 3.8) is 0 Å². The molecule has 0 saturated heterocycles. The van der Waals surface area contributed by atoms with Crippen LogP contribution < -0.4 is 10.9 Å². The van der Waals surface area contributed by atoms with Crippen molar-refractivity contribution < 1.29 is 19.4 Å². The maximum absolute atomic E-state index is 12.3. The summed E-state index contributed by atoms with van der Waals surface area (Å²) in [5.74, 6) is -1.51. The second-order valence-corrected chi connectivity index (χ2v) is 5.15. The molecule has 2 rings (SSSR count). The SMILES string of the molecule is COCCNC(=O)c1ccc(-n2ccc(C)c(C(=O)O)c2=O)cc1. The fraction of sp³-hybridized carbons (Fsp3) is 0.235. The molecule has 1 aromatic heterocycles. The summed E-state index contributed by atoms with van der Waals surface area (Å²) in [6.07, 6.45) is 1.51. The molecule has 0 fully saturated rings. The first kappa shape index (κ1) is 17.4. The van der Waals surface area contributed by atoms with Crippen LogP contribution in [0.25, 0.3) is 5.69 Å². The maximum Gasteiger partial charge on any atom is 0.341 e. The summed E-state index contributed by atoms with van der Waals surface area (Å²) in [5, 5.41) is 11.9. The highest BCUT2D eigenvalue weighted by Gasteiger charge is 2.15. The van der Waals surface area contributed by atoms with E-state index in [-0.39, 0.29) is 11.5 Å². The van der Waals surface area contributed by atoms with E-state index in [0.717, 1.165) is 0 Å². The third-order valence-corrected chi connectivity index (χ3v) is 3.51. The van der Waals surface area contributed by atoms with Gasteiger partial charge in [0.05, 0.1) is 6.61 Å². The number of methoxy groups -OCH3 is 1. The van der Waals surface area contributed by atoms with Crippen molar-refractivity contribution in [2.24, 2.45) is 0 Å². The van der Waals surface area contributed by atoms with E-state index in [9.17, 15) is 14.4 Å². The number of carboxylic acids is 1. The van der Waals surface area contributed by atoms with Gasteiger partial charge in [-0.25, -0.2) is 4.79 Å². The molecule has 0 aliphatic heterocycles. The van der Waals surface area contributed by atoms with Gasteiger partial charge in [-0.3, -0.25) is 14.2 Å². The molecule has 0 unspecified atom stereocenters. The molecule has 1 heterocycles. The van der Waals surface area contributed by atoms with Gasteiger partial charge in [0.1, 0.15) is 5.56 Å². The van der Waals surface area contributed by atoms with Gasteiger partial charge in [-0.2, -0.15) is 0 Å². The lowest BCUT2D eigenvalue weighted by molar-refractivity contribution is 0.0693. The van der Waals surface area contributed by atoms with Crippen LogP contribution in [0.4, 0.5) is 0 Å². The summed E-state index contributed by atoms with van der Waals surface area (Å²) in [5.41, 5.74) is 0.445. The van der Waals surface area contributed by atoms with E-state index < -0.39 is 11.5 Å². The molecule has 0 aliphatic rings. The Balaban J connectivity index is 2.29. The van der Waals surface area contributed by atoms with Crippen molar-refractivity contribution in [1.82, 2.24) is 9.88 Å². The zero-order valence-electron chi connectivity index (χ0n) is 13.4. The van der Waals surface area contributed by atoms with Crippen LogP contribution in [0.3, 0.4) is 0 Å². The van der Waals surface area contributed by atoms with Crippen LogP contribution in [0.1, 0.15) is 26.3 Å². The van der Waals surface area contributed by atoms with Crippen LogP contribution in [-0.4, -0.2) is 41.8 Å². The second-order valence-electron chi connectivity index (χ2n) is 5.15. The van der Waals surface area contributed by atoms with Gasteiger partial charge in [-0.1, -0.05) is 0 Å². The van der Waals surface area contributed by atoms with Gasteiger partial charge in [0, 0.05) is 31.1 Å². The van der Waals surface area contributed by atoms with Crippen molar-refractivity contribution >= 4 is 11.9 Å². The number of benzene rings is 1. The lowest BCUT2D eigenvalue weighted by Gasteiger charge is -2.10. The van der Waals surface area contributed by atoms with Crippen LogP contribution in [0.2, 0.25) is 0 Å². The number of hydrogen-bond acceptors (Lipinski definition) is 4. The highest BCUT2D eigenvalue weighted by atomic mass is 16.5. The van der Waals surface area contributed by atoms with Crippen molar-refractivity contribution in [2.45, 2.75) is 6.92 Å². The Morgan fingerprint density at radius 3 is 2.46 bits per heavy atom. The highest BCUT2D eigenvalue weighted by Crippen LogP contribution is 2.10. The fourth-order valence-corrected chi connectivity index (χ4v) is 2.23. The number of aryl methyl sites for hydroxylation is 1. The number of amides is 1. The summed E-state index contributed by atoms with van der Waals surface area (Å²) < 4.78 is 6.10. The molecule has 7 heteroatoms. The highest BCUT2D eigenvalue weighted by molar-refractivity contribution is 5.94. The third-order valence-electron chi connectivity index (χ3n) is 3.51. The molecular formula is C17H18N2O5. The van der Waals surface area contributed by atoms with Crippen molar-refractivity contribution in [3.8, 4) is 5.69 Å². The number of aromatic nitrogens is 1. The van der Waals surface area contributed by atoms with Crippen LogP contribution in [0, 0.1) is 6.92 Å². The van der Waals surface area contributed by atoms with Gasteiger partial charge in [0.25, 0.3) is 11.5 Å². The number of carboxylic acid groups (broad SMARTS) is 1. The lowest BCUT2D eigenvalue weighted by Crippen LogP contribution is -2.27. The van der Waals surface area contributed by atoms with E-state index in [2.05, 4.69) is 5.32 Å². The Morgan fingerprint density at radius 1 is 1.21 bits per heavy atom. The predicted molar refractivity (Wildman–Crippen MR) is 87.9 cm³/mol. The van der Waals surface area contributed by atoms with Crippen LogP contribution in [0.15, 0.2) is 41.3 Å². The van der Waals surface area contributed by atoms with Crippen LogP contribution in [0.5, 0.6) is 0 Å². The van der Waals surface area contributed by atoms with Crippen LogP contribution in [-0.2, 0) is 4.74 Å². The van der Waals surface area contributed by atoms with E-state index >= 15 is 0 Å². The van der Waals surface area contributed by atoms with Crippen LogP contribution >= 0.6 is 0 Å². The Morgan fingerprint density at radius 2 is 1.88 bits per heavy atom. The number of carbonyl (C=O) groups is 2. The Labute approximate surface area is 138 Å². The molecule has 24 heavy (non-hydrogen) atoms. The number of nitrogens with one attached hydrogen (secondary N) is 1. The van der Waals surface area contributed by atoms with Gasteiger partial charge >= 0.3 is 5.97 Å². The van der Waals surface area contributed by atoms with Crippen molar-refractivity contribution in [2.75, 3.05) is 20.3 Å². The number of hydrogen-bond donors (Lipinski definition) is 2. The van der Waals surface area contributed by atoms with Gasteiger partial charge in [-0.05, 0) is 42.8 Å². The quantitative estimate of drug-likeness (QED) is 0.776. The third kappa shape index (κ3) is 3.69. The zero-order valence-corrected chi connectivity index (χ0v) is 13.4. The summed E-state index contributed by atoms with van der Waals surface area (Å²) in [6.45, 7) is 2.39. The standard InChI is InChI=1S/C17H18N2O5/c1-11-7-9-19(16(21)14(11)17(22)23)13-5-3-12(4-6-13)15(20)18-8-10-24-2/h3-7,9H,8,10H2,1-2H3,(H,18,20)(H,22,23). The van der Waals surface area contributed by atoms with Gasteiger partial charge in [0.2, 0.25) is 0 Å². The minimum Gasteiger partial charge on any atom is -0.477 e. The molecule has 2 aromatic rings. The topological polar surface area (TPSA) is 97.6 Å². The molecule has 0 atom stereocenters. The van der Waals surface area contributed by atoms with E-state index in [0.29, 0.717) is 30.0 Å². The van der Waals surface area contributed by atoms with Gasteiger partial charge < -0.3 is 15.2 Å². The smallest absolute Gasteiger partial charge is 0.341 e. The molecule has 0 spiro atoms. The molecule has 2 N–H and O–H groups in total. The molecule has 0 bridgehead atoms. The Hall–Kier alpha value is -2.93. The first-order valence-corrected chi connectivity index (χ1v) is 7.29. The number of pyridine rings is 1. The molecule has 0 aliphatic carbocycles. The molecule has 1 amide bonds. The largest absolute Gasteiger partial charge is 0.477 e. The molecule has 126 valence electrons. The average molecular weight is 330 g/mol. The Bertz CT molecular complexity index is 809.